The van der Waals surface area contributed by atoms with Gasteiger partial charge >= 0.3 is 0 Å². The maximum absolute atomic E-state index is 12.3. The molecule has 5 nitrogen and oxygen atoms in total. The highest BCUT2D eigenvalue weighted by Gasteiger charge is 2.09. The van der Waals surface area contributed by atoms with Crippen molar-refractivity contribution < 1.29 is 9.21 Å². The van der Waals surface area contributed by atoms with E-state index in [2.05, 4.69) is 15.5 Å². The maximum atomic E-state index is 12.3. The molecule has 2 aromatic carbocycles. The zero-order valence-electron chi connectivity index (χ0n) is 12.7. The standard InChI is InChI=1S/C17H15N3O2S/c1-11-19-20-17(22-11)13-8-6-12(7-9-13)16(21)18-14-4-3-5-15(10-14)23-2/h3-10H,1-2H3,(H,18,21). The van der Waals surface area contributed by atoms with E-state index in [9.17, 15) is 4.79 Å². The van der Waals surface area contributed by atoms with Crippen molar-refractivity contribution in [2.24, 2.45) is 0 Å². The summed E-state index contributed by atoms with van der Waals surface area (Å²) >= 11 is 1.63. The second kappa shape index (κ2) is 6.66. The number of amides is 1. The van der Waals surface area contributed by atoms with Crippen LogP contribution in [0.3, 0.4) is 0 Å². The van der Waals surface area contributed by atoms with Crippen LogP contribution < -0.4 is 5.32 Å². The van der Waals surface area contributed by atoms with E-state index < -0.39 is 0 Å². The van der Waals surface area contributed by atoms with E-state index in [4.69, 9.17) is 4.42 Å². The van der Waals surface area contributed by atoms with Crippen molar-refractivity contribution >= 4 is 23.4 Å². The first-order chi connectivity index (χ1) is 11.2. The van der Waals surface area contributed by atoms with Gasteiger partial charge in [-0.3, -0.25) is 4.79 Å². The summed E-state index contributed by atoms with van der Waals surface area (Å²) in [6.07, 6.45) is 2.00. The van der Waals surface area contributed by atoms with Crippen LogP contribution in [0.1, 0.15) is 16.2 Å². The molecule has 0 saturated heterocycles. The van der Waals surface area contributed by atoms with Crippen LogP contribution >= 0.6 is 11.8 Å². The number of nitrogens with zero attached hydrogens (tertiary/aromatic N) is 2. The highest BCUT2D eigenvalue weighted by molar-refractivity contribution is 7.98. The summed E-state index contributed by atoms with van der Waals surface area (Å²) < 4.78 is 5.37. The first kappa shape index (κ1) is 15.3. The molecule has 0 spiro atoms. The predicted octanol–water partition coefficient (Wildman–Crippen LogP) is 4.02. The van der Waals surface area contributed by atoms with E-state index >= 15 is 0 Å². The third kappa shape index (κ3) is 3.60. The van der Waals surface area contributed by atoms with Gasteiger partial charge in [0.25, 0.3) is 5.91 Å². The lowest BCUT2D eigenvalue weighted by atomic mass is 10.1. The Labute approximate surface area is 138 Å². The van der Waals surface area contributed by atoms with Gasteiger partial charge in [-0.25, -0.2) is 0 Å². The van der Waals surface area contributed by atoms with Crippen LogP contribution in [-0.4, -0.2) is 22.4 Å². The molecule has 1 aromatic heterocycles. The van der Waals surface area contributed by atoms with Gasteiger partial charge in [-0.1, -0.05) is 6.07 Å². The molecule has 3 rings (SSSR count). The first-order valence-corrected chi connectivity index (χ1v) is 8.24. The Morgan fingerprint density at radius 1 is 1.13 bits per heavy atom. The van der Waals surface area contributed by atoms with E-state index in [1.165, 1.54) is 0 Å². The van der Waals surface area contributed by atoms with Crippen molar-refractivity contribution in [1.82, 2.24) is 10.2 Å². The number of hydrogen-bond donors (Lipinski definition) is 1. The summed E-state index contributed by atoms with van der Waals surface area (Å²) in [7, 11) is 0. The van der Waals surface area contributed by atoms with Crippen molar-refractivity contribution in [3.63, 3.8) is 0 Å². The van der Waals surface area contributed by atoms with Gasteiger partial charge < -0.3 is 9.73 Å². The summed E-state index contributed by atoms with van der Waals surface area (Å²) in [5.74, 6) is 0.800. The molecule has 1 N–H and O–H groups in total. The molecule has 0 bridgehead atoms. The van der Waals surface area contributed by atoms with Crippen LogP contribution in [-0.2, 0) is 0 Å². The summed E-state index contributed by atoms with van der Waals surface area (Å²) in [5, 5.41) is 10.6. The number of aryl methyl sites for hydroxylation is 1. The highest BCUT2D eigenvalue weighted by Crippen LogP contribution is 2.21. The van der Waals surface area contributed by atoms with Gasteiger partial charge in [0.05, 0.1) is 0 Å². The lowest BCUT2D eigenvalue weighted by Crippen LogP contribution is -2.11. The van der Waals surface area contributed by atoms with Crippen molar-refractivity contribution in [3.05, 3.63) is 60.0 Å². The van der Waals surface area contributed by atoms with Crippen LogP contribution in [0.15, 0.2) is 57.8 Å². The monoisotopic (exact) mass is 325 g/mol. The maximum Gasteiger partial charge on any atom is 0.255 e. The van der Waals surface area contributed by atoms with Crippen molar-refractivity contribution in [2.75, 3.05) is 11.6 Å². The molecule has 6 heteroatoms. The third-order valence-corrected chi connectivity index (χ3v) is 3.97. The Morgan fingerprint density at radius 3 is 2.57 bits per heavy atom. The van der Waals surface area contributed by atoms with Gasteiger partial charge in [-0.05, 0) is 48.7 Å². The predicted molar refractivity (Wildman–Crippen MR) is 90.6 cm³/mol. The quantitative estimate of drug-likeness (QED) is 0.734. The second-order valence-electron chi connectivity index (χ2n) is 4.89. The molecule has 23 heavy (non-hydrogen) atoms. The van der Waals surface area contributed by atoms with Gasteiger partial charge in [0.2, 0.25) is 11.8 Å². The Hall–Kier alpha value is -2.60. The molecule has 0 fully saturated rings. The molecule has 0 radical (unpaired) electrons. The summed E-state index contributed by atoms with van der Waals surface area (Å²) in [4.78, 5) is 13.4. The van der Waals surface area contributed by atoms with Crippen molar-refractivity contribution in [1.29, 1.82) is 0 Å². The smallest absolute Gasteiger partial charge is 0.255 e. The molecule has 1 heterocycles. The molecular formula is C17H15N3O2S. The van der Waals surface area contributed by atoms with Gasteiger partial charge in [0, 0.05) is 28.6 Å². The topological polar surface area (TPSA) is 68.0 Å². The van der Waals surface area contributed by atoms with Gasteiger partial charge in [0.1, 0.15) is 0 Å². The Morgan fingerprint density at radius 2 is 1.91 bits per heavy atom. The minimum Gasteiger partial charge on any atom is -0.421 e. The summed E-state index contributed by atoms with van der Waals surface area (Å²) in [6.45, 7) is 1.74. The van der Waals surface area contributed by atoms with Crippen LogP contribution in [0.25, 0.3) is 11.5 Å². The average molecular weight is 325 g/mol. The molecule has 0 aliphatic heterocycles. The number of rotatable bonds is 4. The number of thioether (sulfide) groups is 1. The van der Waals surface area contributed by atoms with Crippen molar-refractivity contribution in [2.45, 2.75) is 11.8 Å². The highest BCUT2D eigenvalue weighted by atomic mass is 32.2. The molecular weight excluding hydrogens is 310 g/mol. The lowest BCUT2D eigenvalue weighted by Gasteiger charge is -2.07. The molecule has 0 saturated carbocycles. The number of benzene rings is 2. The number of nitrogens with one attached hydrogen (secondary N) is 1. The zero-order chi connectivity index (χ0) is 16.2. The normalized spacial score (nSPS) is 10.5. The molecule has 0 unspecified atom stereocenters. The van der Waals surface area contributed by atoms with E-state index in [-0.39, 0.29) is 5.91 Å². The van der Waals surface area contributed by atoms with Gasteiger partial charge in [-0.15, -0.1) is 22.0 Å². The van der Waals surface area contributed by atoms with Crippen LogP contribution in [0.2, 0.25) is 0 Å². The second-order valence-corrected chi connectivity index (χ2v) is 5.77. The lowest BCUT2D eigenvalue weighted by molar-refractivity contribution is 0.102. The number of carbonyl (C=O) groups excluding carboxylic acids is 1. The molecule has 3 aromatic rings. The van der Waals surface area contributed by atoms with E-state index in [0.717, 1.165) is 16.1 Å². The minimum atomic E-state index is -0.156. The van der Waals surface area contributed by atoms with E-state index in [1.54, 1.807) is 43.0 Å². The fraction of sp³-hybridized carbons (Fsp3) is 0.118. The molecule has 0 aliphatic carbocycles. The van der Waals surface area contributed by atoms with E-state index in [0.29, 0.717) is 17.3 Å². The molecule has 116 valence electrons. The number of anilines is 1. The van der Waals surface area contributed by atoms with E-state index in [1.807, 2.05) is 30.5 Å². The van der Waals surface area contributed by atoms with Crippen molar-refractivity contribution in [3.8, 4) is 11.5 Å². The van der Waals surface area contributed by atoms with Crippen LogP contribution in [0, 0.1) is 6.92 Å². The largest absolute Gasteiger partial charge is 0.421 e. The molecule has 0 atom stereocenters. The third-order valence-electron chi connectivity index (χ3n) is 3.25. The Bertz CT molecular complexity index is 828. The fourth-order valence-corrected chi connectivity index (χ4v) is 2.54. The first-order valence-electron chi connectivity index (χ1n) is 7.01. The number of carbonyl (C=O) groups is 1. The SMILES string of the molecule is CSc1cccc(NC(=O)c2ccc(-c3nnc(C)o3)cc2)c1. The Kier molecular flexibility index (Phi) is 4.43. The van der Waals surface area contributed by atoms with Crippen LogP contribution in [0.5, 0.6) is 0 Å². The summed E-state index contributed by atoms with van der Waals surface area (Å²) in [5.41, 5.74) is 2.13. The number of hydrogen-bond acceptors (Lipinski definition) is 5. The number of aromatic nitrogens is 2. The molecule has 1 amide bonds. The zero-order valence-corrected chi connectivity index (χ0v) is 13.6. The fourth-order valence-electron chi connectivity index (χ4n) is 2.08. The van der Waals surface area contributed by atoms with Gasteiger partial charge in [0.15, 0.2) is 0 Å². The summed E-state index contributed by atoms with van der Waals surface area (Å²) in [6, 6.07) is 14.8. The molecule has 0 aliphatic rings. The minimum absolute atomic E-state index is 0.156. The Balaban J connectivity index is 1.75. The average Bonchev–Trinajstić information content (AvgIpc) is 3.01. The van der Waals surface area contributed by atoms with Gasteiger partial charge in [-0.2, -0.15) is 0 Å². The van der Waals surface area contributed by atoms with Crippen LogP contribution in [0.4, 0.5) is 5.69 Å².